The van der Waals surface area contributed by atoms with E-state index in [0.29, 0.717) is 34.3 Å². The monoisotopic (exact) mass is 450 g/mol. The summed E-state index contributed by atoms with van der Waals surface area (Å²) in [7, 11) is 1.66. The van der Waals surface area contributed by atoms with Crippen LogP contribution in [0.4, 0.5) is 8.78 Å². The van der Waals surface area contributed by atoms with Gasteiger partial charge in [-0.05, 0) is 25.1 Å². The summed E-state index contributed by atoms with van der Waals surface area (Å²) in [5.41, 5.74) is 3.61. The maximum Gasteiger partial charge on any atom is 0.157 e. The fraction of sp³-hybridized carbons (Fsp3) is 0.130. The Labute approximate surface area is 187 Å². The highest BCUT2D eigenvalue weighted by molar-refractivity contribution is 6.33. The molecule has 0 amide bonds. The molecule has 0 saturated heterocycles. The zero-order valence-electron chi connectivity index (χ0n) is 17.2. The molecular weight excluding hydrogens is 434 g/mol. The summed E-state index contributed by atoms with van der Waals surface area (Å²) in [6, 6.07) is 13.1. The first-order valence-corrected chi connectivity index (χ1v) is 10.2. The summed E-state index contributed by atoms with van der Waals surface area (Å²) >= 11 is 6.56. The molecule has 0 unspecified atom stereocenters. The van der Waals surface area contributed by atoms with Crippen LogP contribution in [-0.2, 0) is 13.5 Å². The predicted molar refractivity (Wildman–Crippen MR) is 118 cm³/mol. The van der Waals surface area contributed by atoms with Crippen LogP contribution >= 0.6 is 11.6 Å². The van der Waals surface area contributed by atoms with Crippen molar-refractivity contribution >= 4 is 22.5 Å². The van der Waals surface area contributed by atoms with E-state index < -0.39 is 11.6 Å². The van der Waals surface area contributed by atoms with Crippen molar-refractivity contribution in [1.29, 1.82) is 0 Å². The zero-order valence-corrected chi connectivity index (χ0v) is 18.0. The summed E-state index contributed by atoms with van der Waals surface area (Å²) < 4.78 is 30.9. The van der Waals surface area contributed by atoms with Crippen molar-refractivity contribution in [3.05, 3.63) is 88.6 Å². The molecule has 3 heterocycles. The van der Waals surface area contributed by atoms with Crippen LogP contribution in [0.5, 0.6) is 0 Å². The largest absolute Gasteiger partial charge is 0.266 e. The molecule has 9 heteroatoms. The molecule has 0 atom stereocenters. The maximum absolute atomic E-state index is 14.3. The topological polar surface area (TPSA) is 61.4 Å². The number of rotatable bonds is 4. The highest BCUT2D eigenvalue weighted by atomic mass is 35.5. The number of halogens is 3. The van der Waals surface area contributed by atoms with Crippen molar-refractivity contribution in [2.45, 2.75) is 13.3 Å². The SMILES string of the molecule is Cc1nn(-c2cc(Cc3nn(C)c(-c4ccc(F)cc4F)c3Cl)ncn2)c2ccccc12. The molecule has 2 aromatic carbocycles. The molecule has 32 heavy (non-hydrogen) atoms. The molecule has 0 radical (unpaired) electrons. The Morgan fingerprint density at radius 1 is 1.00 bits per heavy atom. The van der Waals surface area contributed by atoms with Gasteiger partial charge < -0.3 is 0 Å². The molecule has 5 rings (SSSR count). The number of nitrogens with zero attached hydrogens (tertiary/aromatic N) is 6. The van der Waals surface area contributed by atoms with E-state index >= 15 is 0 Å². The first-order chi connectivity index (χ1) is 15.4. The predicted octanol–water partition coefficient (Wildman–Crippen LogP) is 5.05. The number of hydrogen-bond donors (Lipinski definition) is 0. The van der Waals surface area contributed by atoms with Gasteiger partial charge in [0.2, 0.25) is 0 Å². The number of benzene rings is 2. The van der Waals surface area contributed by atoms with Crippen LogP contribution < -0.4 is 0 Å². The highest BCUT2D eigenvalue weighted by Crippen LogP contribution is 2.33. The standard InChI is InChI=1S/C23H17ClF2N6/c1-13-16-5-3-4-6-20(16)32(29-13)21-11-15(27-12-28-21)10-19-22(24)23(31(2)30-19)17-8-7-14(25)9-18(17)26/h3-9,11-12H,10H2,1-2H3. The van der Waals surface area contributed by atoms with E-state index in [-0.39, 0.29) is 5.56 Å². The van der Waals surface area contributed by atoms with E-state index in [1.807, 2.05) is 37.3 Å². The lowest BCUT2D eigenvalue weighted by Gasteiger charge is -2.05. The molecule has 0 N–H and O–H groups in total. The number of aromatic nitrogens is 6. The summed E-state index contributed by atoms with van der Waals surface area (Å²) in [6.45, 7) is 1.95. The molecule has 0 saturated carbocycles. The van der Waals surface area contributed by atoms with Gasteiger partial charge in [0.15, 0.2) is 5.82 Å². The number of hydrogen-bond acceptors (Lipinski definition) is 4. The Hall–Kier alpha value is -3.65. The lowest BCUT2D eigenvalue weighted by molar-refractivity contribution is 0.584. The summed E-state index contributed by atoms with van der Waals surface area (Å²) in [4.78, 5) is 8.72. The van der Waals surface area contributed by atoms with Gasteiger partial charge in [-0.1, -0.05) is 29.8 Å². The Morgan fingerprint density at radius 3 is 2.62 bits per heavy atom. The maximum atomic E-state index is 14.3. The molecule has 3 aromatic heterocycles. The van der Waals surface area contributed by atoms with Gasteiger partial charge in [0.25, 0.3) is 0 Å². The van der Waals surface area contributed by atoms with Crippen molar-refractivity contribution in [2.24, 2.45) is 7.05 Å². The van der Waals surface area contributed by atoms with E-state index in [9.17, 15) is 8.78 Å². The van der Waals surface area contributed by atoms with Gasteiger partial charge in [0.1, 0.15) is 18.0 Å². The van der Waals surface area contributed by atoms with Gasteiger partial charge >= 0.3 is 0 Å². The van der Waals surface area contributed by atoms with E-state index in [1.165, 1.54) is 23.1 Å². The minimum atomic E-state index is -0.702. The van der Waals surface area contributed by atoms with Crippen LogP contribution in [0.15, 0.2) is 54.9 Å². The second-order valence-electron chi connectivity index (χ2n) is 7.42. The normalized spacial score (nSPS) is 11.4. The average molecular weight is 451 g/mol. The number of para-hydroxylation sites is 1. The summed E-state index contributed by atoms with van der Waals surface area (Å²) in [5.74, 6) is -0.734. The Balaban J connectivity index is 1.52. The molecule has 0 aliphatic rings. The van der Waals surface area contributed by atoms with Gasteiger partial charge in [-0.15, -0.1) is 0 Å². The van der Waals surface area contributed by atoms with Gasteiger partial charge in [-0.3, -0.25) is 4.68 Å². The van der Waals surface area contributed by atoms with Gasteiger partial charge in [0, 0.05) is 36.6 Å². The fourth-order valence-electron chi connectivity index (χ4n) is 3.81. The number of aryl methyl sites for hydroxylation is 2. The minimum absolute atomic E-state index is 0.180. The Kier molecular flexibility index (Phi) is 4.94. The van der Waals surface area contributed by atoms with Crippen LogP contribution in [0.2, 0.25) is 5.02 Å². The minimum Gasteiger partial charge on any atom is -0.266 e. The first kappa shape index (κ1) is 20.3. The van der Waals surface area contributed by atoms with Crippen LogP contribution in [0, 0.1) is 18.6 Å². The van der Waals surface area contributed by atoms with Crippen LogP contribution in [0.25, 0.3) is 28.0 Å². The summed E-state index contributed by atoms with van der Waals surface area (Å²) in [5, 5.41) is 10.4. The van der Waals surface area contributed by atoms with Crippen molar-refractivity contribution in [3.63, 3.8) is 0 Å². The summed E-state index contributed by atoms with van der Waals surface area (Å²) in [6.07, 6.45) is 1.77. The lowest BCUT2D eigenvalue weighted by atomic mass is 10.1. The molecule has 0 spiro atoms. The molecule has 0 aliphatic carbocycles. The van der Waals surface area contributed by atoms with Crippen LogP contribution in [0.3, 0.4) is 0 Å². The average Bonchev–Trinajstić information content (AvgIpc) is 3.25. The Bertz CT molecular complexity index is 1470. The third-order valence-corrected chi connectivity index (χ3v) is 5.69. The fourth-order valence-corrected chi connectivity index (χ4v) is 4.14. The second-order valence-corrected chi connectivity index (χ2v) is 7.79. The molecular formula is C23H17ClF2N6. The van der Waals surface area contributed by atoms with E-state index in [4.69, 9.17) is 11.6 Å². The molecule has 5 aromatic rings. The molecule has 0 aliphatic heterocycles. The van der Waals surface area contributed by atoms with Crippen LogP contribution in [-0.4, -0.2) is 29.5 Å². The van der Waals surface area contributed by atoms with Gasteiger partial charge in [-0.2, -0.15) is 10.2 Å². The van der Waals surface area contributed by atoms with E-state index in [1.54, 1.807) is 11.7 Å². The zero-order chi connectivity index (χ0) is 22.4. The van der Waals surface area contributed by atoms with Crippen LogP contribution in [0.1, 0.15) is 17.1 Å². The second kappa shape index (κ2) is 7.80. The smallest absolute Gasteiger partial charge is 0.157 e. The lowest BCUT2D eigenvalue weighted by Crippen LogP contribution is -2.03. The molecule has 6 nitrogen and oxygen atoms in total. The van der Waals surface area contributed by atoms with Crippen molar-refractivity contribution in [2.75, 3.05) is 0 Å². The van der Waals surface area contributed by atoms with E-state index in [0.717, 1.165) is 22.7 Å². The van der Waals surface area contributed by atoms with E-state index in [2.05, 4.69) is 20.2 Å². The quantitative estimate of drug-likeness (QED) is 0.384. The van der Waals surface area contributed by atoms with Crippen molar-refractivity contribution in [3.8, 4) is 17.1 Å². The third-order valence-electron chi connectivity index (χ3n) is 5.29. The third kappa shape index (κ3) is 3.42. The highest BCUT2D eigenvalue weighted by Gasteiger charge is 2.20. The van der Waals surface area contributed by atoms with Gasteiger partial charge in [0.05, 0.1) is 33.3 Å². The van der Waals surface area contributed by atoms with Crippen molar-refractivity contribution < 1.29 is 8.78 Å². The number of fused-ring (bicyclic) bond motifs is 1. The van der Waals surface area contributed by atoms with Gasteiger partial charge in [-0.25, -0.2) is 23.4 Å². The Morgan fingerprint density at radius 2 is 1.81 bits per heavy atom. The first-order valence-electron chi connectivity index (χ1n) is 9.85. The molecule has 0 fully saturated rings. The molecule has 160 valence electrons. The molecule has 0 bridgehead atoms. The van der Waals surface area contributed by atoms with Crippen molar-refractivity contribution in [1.82, 2.24) is 29.5 Å².